The number of rotatable bonds is 4. The van der Waals surface area contributed by atoms with Gasteiger partial charge in [0.15, 0.2) is 0 Å². The minimum Gasteiger partial charge on any atom is -0.322 e. The van der Waals surface area contributed by atoms with Gasteiger partial charge in [-0.3, -0.25) is 9.59 Å². The van der Waals surface area contributed by atoms with Crippen molar-refractivity contribution in [1.29, 1.82) is 0 Å². The third-order valence-corrected chi connectivity index (χ3v) is 5.02. The molecule has 1 saturated heterocycles. The lowest BCUT2D eigenvalue weighted by Crippen LogP contribution is -2.24. The highest BCUT2D eigenvalue weighted by Gasteiger charge is 2.23. The molecule has 29 heavy (non-hydrogen) atoms. The fourth-order valence-electron chi connectivity index (χ4n) is 3.59. The van der Waals surface area contributed by atoms with E-state index in [4.69, 9.17) is 0 Å². The van der Waals surface area contributed by atoms with Crippen molar-refractivity contribution in [3.8, 4) is 11.3 Å². The number of aryl methyl sites for hydroxylation is 2. The van der Waals surface area contributed by atoms with E-state index in [1.165, 1.54) is 0 Å². The molecule has 0 spiro atoms. The zero-order valence-corrected chi connectivity index (χ0v) is 16.5. The topological polar surface area (TPSA) is 75.2 Å². The maximum atomic E-state index is 13.0. The van der Waals surface area contributed by atoms with Crippen LogP contribution < -0.4 is 10.2 Å². The van der Waals surface area contributed by atoms with Crippen molar-refractivity contribution >= 4 is 23.2 Å². The van der Waals surface area contributed by atoms with E-state index in [1.807, 2.05) is 60.4 Å². The molecule has 0 atom stereocenters. The van der Waals surface area contributed by atoms with Gasteiger partial charge in [-0.1, -0.05) is 30.3 Å². The molecular weight excluding hydrogens is 364 g/mol. The van der Waals surface area contributed by atoms with Crippen molar-refractivity contribution in [2.75, 3.05) is 16.8 Å². The number of carbonyl (C=O) groups is 2. The van der Waals surface area contributed by atoms with Crippen LogP contribution in [0.3, 0.4) is 0 Å². The summed E-state index contributed by atoms with van der Waals surface area (Å²) in [5.74, 6) is 0.485. The standard InChI is InChI=1S/C23H22N4O2/c1-15-13-18(10-11-20(15)27-12-6-9-21(27)28)26-23(29)19-14-24-16(2)25-22(19)17-7-4-3-5-8-17/h3-5,7-8,10-11,13-14H,6,9,12H2,1-2H3,(H,26,29). The zero-order chi connectivity index (χ0) is 20.4. The average Bonchev–Trinajstić information content (AvgIpc) is 3.14. The molecule has 2 aromatic carbocycles. The third kappa shape index (κ3) is 3.87. The van der Waals surface area contributed by atoms with Gasteiger partial charge in [0, 0.05) is 36.1 Å². The van der Waals surface area contributed by atoms with Crippen LogP contribution in [0, 0.1) is 13.8 Å². The van der Waals surface area contributed by atoms with Crippen LogP contribution in [-0.2, 0) is 4.79 Å². The van der Waals surface area contributed by atoms with Crippen molar-refractivity contribution in [2.24, 2.45) is 0 Å². The first-order chi connectivity index (χ1) is 14.0. The highest BCUT2D eigenvalue weighted by molar-refractivity contribution is 6.08. The molecule has 2 amide bonds. The zero-order valence-electron chi connectivity index (χ0n) is 16.5. The minimum atomic E-state index is -0.270. The van der Waals surface area contributed by atoms with Crippen LogP contribution in [0.5, 0.6) is 0 Å². The molecule has 4 rings (SSSR count). The van der Waals surface area contributed by atoms with Gasteiger partial charge in [0.2, 0.25) is 5.91 Å². The second-order valence-corrected chi connectivity index (χ2v) is 7.15. The quantitative estimate of drug-likeness (QED) is 0.731. The lowest BCUT2D eigenvalue weighted by molar-refractivity contribution is -0.117. The summed E-state index contributed by atoms with van der Waals surface area (Å²) in [7, 11) is 0. The molecule has 146 valence electrons. The number of hydrogen-bond acceptors (Lipinski definition) is 4. The molecule has 0 aliphatic carbocycles. The van der Waals surface area contributed by atoms with E-state index in [9.17, 15) is 9.59 Å². The Balaban J connectivity index is 1.60. The van der Waals surface area contributed by atoms with E-state index in [2.05, 4.69) is 15.3 Å². The number of nitrogens with zero attached hydrogens (tertiary/aromatic N) is 3. The summed E-state index contributed by atoms with van der Waals surface area (Å²) >= 11 is 0. The molecular formula is C23H22N4O2. The summed E-state index contributed by atoms with van der Waals surface area (Å²) < 4.78 is 0. The number of carbonyl (C=O) groups excluding carboxylic acids is 2. The fourth-order valence-corrected chi connectivity index (χ4v) is 3.59. The molecule has 1 fully saturated rings. The highest BCUT2D eigenvalue weighted by Crippen LogP contribution is 2.28. The van der Waals surface area contributed by atoms with Crippen LogP contribution in [0.2, 0.25) is 0 Å². The van der Waals surface area contributed by atoms with Crippen molar-refractivity contribution in [2.45, 2.75) is 26.7 Å². The lowest BCUT2D eigenvalue weighted by atomic mass is 10.1. The molecule has 0 bridgehead atoms. The second kappa shape index (κ2) is 7.83. The van der Waals surface area contributed by atoms with Gasteiger partial charge < -0.3 is 10.2 Å². The van der Waals surface area contributed by atoms with E-state index in [0.29, 0.717) is 29.2 Å². The van der Waals surface area contributed by atoms with E-state index >= 15 is 0 Å². The summed E-state index contributed by atoms with van der Waals surface area (Å²) in [6.45, 7) is 4.49. The van der Waals surface area contributed by atoms with E-state index in [1.54, 1.807) is 13.1 Å². The van der Waals surface area contributed by atoms with Crippen molar-refractivity contribution < 1.29 is 9.59 Å². The minimum absolute atomic E-state index is 0.147. The molecule has 1 aromatic heterocycles. The predicted octanol–water partition coefficient (Wildman–Crippen LogP) is 4.14. The maximum absolute atomic E-state index is 13.0. The molecule has 0 saturated carbocycles. The van der Waals surface area contributed by atoms with Crippen molar-refractivity contribution in [1.82, 2.24) is 9.97 Å². The summed E-state index contributed by atoms with van der Waals surface area (Å²) in [6, 6.07) is 15.2. The Bertz CT molecular complexity index is 1080. The van der Waals surface area contributed by atoms with E-state index in [-0.39, 0.29) is 11.8 Å². The van der Waals surface area contributed by atoms with Crippen LogP contribution in [0.25, 0.3) is 11.3 Å². The Hall–Kier alpha value is -3.54. The van der Waals surface area contributed by atoms with Crippen molar-refractivity contribution in [3.05, 3.63) is 71.7 Å². The Kier molecular flexibility index (Phi) is 5.08. The summed E-state index contributed by atoms with van der Waals surface area (Å²) in [5.41, 5.74) is 4.39. The second-order valence-electron chi connectivity index (χ2n) is 7.15. The fraction of sp³-hybridized carbons (Fsp3) is 0.217. The maximum Gasteiger partial charge on any atom is 0.259 e. The molecule has 2 heterocycles. The van der Waals surface area contributed by atoms with Gasteiger partial charge in [0.05, 0.1) is 11.3 Å². The summed E-state index contributed by atoms with van der Waals surface area (Å²) in [6.07, 6.45) is 3.03. The Morgan fingerprint density at radius 2 is 1.90 bits per heavy atom. The molecule has 0 unspecified atom stereocenters. The third-order valence-electron chi connectivity index (χ3n) is 5.02. The first kappa shape index (κ1) is 18.8. The largest absolute Gasteiger partial charge is 0.322 e. The summed E-state index contributed by atoms with van der Waals surface area (Å²) in [5, 5.41) is 2.94. The molecule has 1 aliphatic rings. The van der Waals surface area contributed by atoms with Gasteiger partial charge in [0.25, 0.3) is 5.91 Å². The van der Waals surface area contributed by atoms with Crippen molar-refractivity contribution in [3.63, 3.8) is 0 Å². The molecule has 6 heteroatoms. The predicted molar refractivity (Wildman–Crippen MR) is 113 cm³/mol. The number of benzene rings is 2. The van der Waals surface area contributed by atoms with Crippen LogP contribution in [0.1, 0.15) is 34.6 Å². The number of hydrogen-bond donors (Lipinski definition) is 1. The molecule has 6 nitrogen and oxygen atoms in total. The monoisotopic (exact) mass is 386 g/mol. The smallest absolute Gasteiger partial charge is 0.259 e. The number of nitrogens with one attached hydrogen (secondary N) is 1. The first-order valence-corrected chi connectivity index (χ1v) is 9.64. The van der Waals surface area contributed by atoms with Gasteiger partial charge in [-0.2, -0.15) is 0 Å². The summed E-state index contributed by atoms with van der Waals surface area (Å²) in [4.78, 5) is 35.5. The highest BCUT2D eigenvalue weighted by atomic mass is 16.2. The van der Waals surface area contributed by atoms with Crippen LogP contribution in [0.4, 0.5) is 11.4 Å². The van der Waals surface area contributed by atoms with E-state index in [0.717, 1.165) is 29.8 Å². The Labute approximate surface area is 169 Å². The lowest BCUT2D eigenvalue weighted by Gasteiger charge is -2.19. The Morgan fingerprint density at radius 3 is 2.59 bits per heavy atom. The van der Waals surface area contributed by atoms with Gasteiger partial charge in [-0.05, 0) is 44.0 Å². The van der Waals surface area contributed by atoms with Gasteiger partial charge >= 0.3 is 0 Å². The Morgan fingerprint density at radius 1 is 1.10 bits per heavy atom. The van der Waals surface area contributed by atoms with Crippen LogP contribution in [-0.4, -0.2) is 28.3 Å². The van der Waals surface area contributed by atoms with Gasteiger partial charge in [-0.15, -0.1) is 0 Å². The van der Waals surface area contributed by atoms with Gasteiger partial charge in [0.1, 0.15) is 5.82 Å². The number of amides is 2. The van der Waals surface area contributed by atoms with Crippen LogP contribution in [0.15, 0.2) is 54.7 Å². The average molecular weight is 386 g/mol. The van der Waals surface area contributed by atoms with E-state index < -0.39 is 0 Å². The molecule has 3 aromatic rings. The van der Waals surface area contributed by atoms with Crippen LogP contribution >= 0.6 is 0 Å². The SMILES string of the molecule is Cc1ncc(C(=O)Nc2ccc(N3CCCC3=O)c(C)c2)c(-c2ccccc2)n1. The normalized spacial score (nSPS) is 13.6. The number of aromatic nitrogens is 2. The molecule has 1 N–H and O–H groups in total. The van der Waals surface area contributed by atoms with Gasteiger partial charge in [-0.25, -0.2) is 9.97 Å². The first-order valence-electron chi connectivity index (χ1n) is 9.64. The number of anilines is 2. The molecule has 1 aliphatic heterocycles. The molecule has 0 radical (unpaired) electrons.